The van der Waals surface area contributed by atoms with Gasteiger partial charge in [-0.25, -0.2) is 9.37 Å². The lowest BCUT2D eigenvalue weighted by Crippen LogP contribution is -2.41. The number of methoxy groups -OCH3 is 1. The molecule has 1 unspecified atom stereocenters. The molecule has 1 aliphatic heterocycles. The molecule has 22 heavy (non-hydrogen) atoms. The van der Waals surface area contributed by atoms with E-state index >= 15 is 0 Å². The number of piperidine rings is 1. The first-order valence-corrected chi connectivity index (χ1v) is 7.65. The monoisotopic (exact) mass is 304 g/mol. The number of hydrogen-bond acceptors (Lipinski definition) is 4. The van der Waals surface area contributed by atoms with E-state index in [1.807, 2.05) is 4.68 Å². The summed E-state index contributed by atoms with van der Waals surface area (Å²) in [7, 11) is 1.62. The molecular weight excluding hydrogens is 283 g/mol. The van der Waals surface area contributed by atoms with Crippen LogP contribution in [0.3, 0.4) is 0 Å². The van der Waals surface area contributed by atoms with Crippen molar-refractivity contribution < 1.29 is 9.13 Å². The minimum atomic E-state index is -0.222. The molecular formula is C16H21FN4O. The molecule has 0 spiro atoms. The van der Waals surface area contributed by atoms with Crippen LogP contribution >= 0.6 is 0 Å². The van der Waals surface area contributed by atoms with Crippen molar-refractivity contribution in [3.05, 3.63) is 42.2 Å². The number of benzene rings is 1. The van der Waals surface area contributed by atoms with Gasteiger partial charge < -0.3 is 4.74 Å². The van der Waals surface area contributed by atoms with Gasteiger partial charge in [-0.2, -0.15) is 5.10 Å². The molecule has 1 aromatic carbocycles. The first-order valence-electron chi connectivity index (χ1n) is 7.65. The third-order valence-electron chi connectivity index (χ3n) is 4.23. The van der Waals surface area contributed by atoms with Crippen LogP contribution in [0.25, 0.3) is 0 Å². The third-order valence-corrected chi connectivity index (χ3v) is 4.23. The van der Waals surface area contributed by atoms with Crippen molar-refractivity contribution in [1.29, 1.82) is 0 Å². The van der Waals surface area contributed by atoms with E-state index in [2.05, 4.69) is 15.0 Å². The smallest absolute Gasteiger partial charge is 0.137 e. The van der Waals surface area contributed by atoms with Crippen molar-refractivity contribution in [2.24, 2.45) is 0 Å². The number of aromatic nitrogens is 3. The molecule has 0 N–H and O–H groups in total. The van der Waals surface area contributed by atoms with Gasteiger partial charge in [0.15, 0.2) is 0 Å². The maximum Gasteiger partial charge on any atom is 0.137 e. The Morgan fingerprint density at radius 3 is 3.05 bits per heavy atom. The zero-order valence-corrected chi connectivity index (χ0v) is 12.8. The summed E-state index contributed by atoms with van der Waals surface area (Å²) in [4.78, 5) is 6.39. The Morgan fingerprint density at radius 2 is 2.27 bits per heavy atom. The maximum absolute atomic E-state index is 13.5. The third kappa shape index (κ3) is 3.44. The van der Waals surface area contributed by atoms with Crippen LogP contribution in [0.2, 0.25) is 0 Å². The highest BCUT2D eigenvalue weighted by atomic mass is 19.1. The van der Waals surface area contributed by atoms with Crippen molar-refractivity contribution >= 4 is 0 Å². The predicted octanol–water partition coefficient (Wildman–Crippen LogP) is 2.48. The quantitative estimate of drug-likeness (QED) is 0.851. The number of ether oxygens (including phenoxy) is 1. The van der Waals surface area contributed by atoms with E-state index in [1.54, 1.807) is 31.9 Å². The normalized spacial score (nSPS) is 19.3. The van der Waals surface area contributed by atoms with Gasteiger partial charge >= 0.3 is 0 Å². The van der Waals surface area contributed by atoms with Gasteiger partial charge in [0.25, 0.3) is 0 Å². The first-order chi connectivity index (χ1) is 10.8. The fraction of sp³-hybridized carbons (Fsp3) is 0.500. The van der Waals surface area contributed by atoms with Gasteiger partial charge in [-0.05, 0) is 37.6 Å². The van der Waals surface area contributed by atoms with Crippen LogP contribution in [0.4, 0.5) is 4.39 Å². The second-order valence-corrected chi connectivity index (χ2v) is 5.69. The fourth-order valence-corrected chi connectivity index (χ4v) is 3.11. The Bertz CT molecular complexity index is 602. The summed E-state index contributed by atoms with van der Waals surface area (Å²) in [5.74, 6) is 0.520. The van der Waals surface area contributed by atoms with Crippen molar-refractivity contribution in [3.8, 4) is 5.75 Å². The summed E-state index contributed by atoms with van der Waals surface area (Å²) < 4.78 is 20.8. The molecule has 6 heteroatoms. The molecule has 2 aromatic rings. The minimum absolute atomic E-state index is 0.222. The maximum atomic E-state index is 13.5. The molecule has 0 amide bonds. The van der Waals surface area contributed by atoms with Gasteiger partial charge in [0.2, 0.25) is 0 Å². The minimum Gasteiger partial charge on any atom is -0.496 e. The summed E-state index contributed by atoms with van der Waals surface area (Å²) in [6, 6.07) is 5.09. The first kappa shape index (κ1) is 15.0. The predicted molar refractivity (Wildman–Crippen MR) is 81.0 cm³/mol. The van der Waals surface area contributed by atoms with Gasteiger partial charge in [0.1, 0.15) is 24.2 Å². The van der Waals surface area contributed by atoms with Gasteiger partial charge in [0, 0.05) is 18.2 Å². The van der Waals surface area contributed by atoms with E-state index in [4.69, 9.17) is 4.74 Å². The van der Waals surface area contributed by atoms with Gasteiger partial charge in [-0.3, -0.25) is 9.58 Å². The van der Waals surface area contributed by atoms with Crippen molar-refractivity contribution in [2.75, 3.05) is 13.7 Å². The molecule has 0 bridgehead atoms. The summed E-state index contributed by atoms with van der Waals surface area (Å²) in [5.41, 5.74) is 0.896. The topological polar surface area (TPSA) is 43.2 Å². The second-order valence-electron chi connectivity index (χ2n) is 5.69. The standard InChI is InChI=1S/C16H21FN4O/c1-22-16-6-5-14(17)8-13(16)9-20-7-3-2-4-15(20)10-21-12-18-11-19-21/h5-6,8,11-12,15H,2-4,7,9-10H2,1H3. The lowest BCUT2D eigenvalue weighted by Gasteiger charge is -2.35. The van der Waals surface area contributed by atoms with Crippen LogP contribution in [0, 0.1) is 5.82 Å². The molecule has 118 valence electrons. The molecule has 0 saturated carbocycles. The highest BCUT2D eigenvalue weighted by Gasteiger charge is 2.24. The summed E-state index contributed by atoms with van der Waals surface area (Å²) in [6.07, 6.45) is 6.82. The molecule has 1 atom stereocenters. The van der Waals surface area contributed by atoms with E-state index in [-0.39, 0.29) is 5.82 Å². The molecule has 1 aliphatic rings. The van der Waals surface area contributed by atoms with Crippen molar-refractivity contribution in [3.63, 3.8) is 0 Å². The summed E-state index contributed by atoms with van der Waals surface area (Å²) in [5, 5.41) is 4.19. The molecule has 0 radical (unpaired) electrons. The number of halogens is 1. The van der Waals surface area contributed by atoms with Gasteiger partial charge in [-0.1, -0.05) is 6.42 Å². The largest absolute Gasteiger partial charge is 0.496 e. The van der Waals surface area contributed by atoms with Crippen LogP contribution in [-0.4, -0.2) is 39.4 Å². The summed E-state index contributed by atoms with van der Waals surface area (Å²) >= 11 is 0. The molecule has 1 aromatic heterocycles. The average Bonchev–Trinajstić information content (AvgIpc) is 3.02. The van der Waals surface area contributed by atoms with Crippen LogP contribution in [-0.2, 0) is 13.1 Å². The molecule has 5 nitrogen and oxygen atoms in total. The molecule has 0 aliphatic carbocycles. The Balaban J connectivity index is 1.75. The summed E-state index contributed by atoms with van der Waals surface area (Å²) in [6.45, 7) is 2.52. The Kier molecular flexibility index (Phi) is 4.68. The lowest BCUT2D eigenvalue weighted by atomic mass is 10.0. The lowest BCUT2D eigenvalue weighted by molar-refractivity contribution is 0.120. The van der Waals surface area contributed by atoms with E-state index < -0.39 is 0 Å². The Morgan fingerprint density at radius 1 is 1.36 bits per heavy atom. The highest BCUT2D eigenvalue weighted by molar-refractivity contribution is 5.33. The fourth-order valence-electron chi connectivity index (χ4n) is 3.11. The van der Waals surface area contributed by atoms with Crippen LogP contribution in [0.1, 0.15) is 24.8 Å². The van der Waals surface area contributed by atoms with Crippen molar-refractivity contribution in [1.82, 2.24) is 19.7 Å². The number of likely N-dealkylation sites (tertiary alicyclic amines) is 1. The van der Waals surface area contributed by atoms with E-state index in [1.165, 1.54) is 18.9 Å². The SMILES string of the molecule is COc1ccc(F)cc1CN1CCCCC1Cn1cncn1. The van der Waals surface area contributed by atoms with Gasteiger partial charge in [0.05, 0.1) is 13.7 Å². The highest BCUT2D eigenvalue weighted by Crippen LogP contribution is 2.26. The molecule has 1 saturated heterocycles. The Labute approximate surface area is 129 Å². The Hall–Kier alpha value is -1.95. The molecule has 1 fully saturated rings. The zero-order valence-electron chi connectivity index (χ0n) is 12.8. The number of nitrogens with zero attached hydrogens (tertiary/aromatic N) is 4. The van der Waals surface area contributed by atoms with Crippen LogP contribution in [0.15, 0.2) is 30.9 Å². The van der Waals surface area contributed by atoms with E-state index in [0.29, 0.717) is 12.6 Å². The van der Waals surface area contributed by atoms with E-state index in [9.17, 15) is 4.39 Å². The zero-order chi connectivity index (χ0) is 15.4. The number of hydrogen-bond donors (Lipinski definition) is 0. The van der Waals surface area contributed by atoms with Crippen LogP contribution in [0.5, 0.6) is 5.75 Å². The van der Waals surface area contributed by atoms with Gasteiger partial charge in [-0.15, -0.1) is 0 Å². The molecule has 2 heterocycles. The average molecular weight is 304 g/mol. The van der Waals surface area contributed by atoms with Crippen molar-refractivity contribution in [2.45, 2.75) is 38.4 Å². The van der Waals surface area contributed by atoms with E-state index in [0.717, 1.165) is 30.8 Å². The van der Waals surface area contributed by atoms with Crippen LogP contribution < -0.4 is 4.74 Å². The second kappa shape index (κ2) is 6.87. The number of rotatable bonds is 5. The molecule has 3 rings (SSSR count).